The molecule has 2 aromatic carbocycles. The maximum atomic E-state index is 12.6. The third-order valence-corrected chi connectivity index (χ3v) is 6.98. The summed E-state index contributed by atoms with van der Waals surface area (Å²) in [5.74, 6) is 0.0979. The summed E-state index contributed by atoms with van der Waals surface area (Å²) in [6.45, 7) is 5.29. The largest absolute Gasteiger partial charge is 0.486 e. The lowest BCUT2D eigenvalue weighted by Gasteiger charge is -2.23. The maximum Gasteiger partial charge on any atom is 0.286 e. The first-order valence-electron chi connectivity index (χ1n) is 11.6. The molecule has 35 heavy (non-hydrogen) atoms. The highest BCUT2D eigenvalue weighted by atomic mass is 35.5. The average molecular weight is 514 g/mol. The number of amides is 2. The molecule has 184 valence electrons. The van der Waals surface area contributed by atoms with Crippen molar-refractivity contribution >= 4 is 40.4 Å². The van der Waals surface area contributed by atoms with Crippen molar-refractivity contribution in [1.82, 2.24) is 20.4 Å². The van der Waals surface area contributed by atoms with E-state index in [4.69, 9.17) is 16.3 Å². The number of anilines is 1. The number of halogens is 1. The van der Waals surface area contributed by atoms with E-state index < -0.39 is 5.91 Å². The quantitative estimate of drug-likeness (QED) is 0.410. The highest BCUT2D eigenvalue weighted by molar-refractivity contribution is 7.13. The summed E-state index contributed by atoms with van der Waals surface area (Å²) in [5, 5.41) is 15.2. The molecule has 1 atom stereocenters. The Hall–Kier alpha value is -3.01. The van der Waals surface area contributed by atoms with Crippen molar-refractivity contribution in [3.63, 3.8) is 0 Å². The van der Waals surface area contributed by atoms with Crippen LogP contribution in [0.5, 0.6) is 5.75 Å². The maximum absolute atomic E-state index is 12.6. The Morgan fingerprint density at radius 2 is 1.89 bits per heavy atom. The van der Waals surface area contributed by atoms with Crippen molar-refractivity contribution in [2.24, 2.45) is 0 Å². The van der Waals surface area contributed by atoms with Gasteiger partial charge < -0.3 is 20.3 Å². The molecule has 0 spiro atoms. The number of ether oxygens (including phenoxy) is 1. The predicted octanol–water partition coefficient (Wildman–Crippen LogP) is 4.63. The van der Waals surface area contributed by atoms with E-state index in [1.165, 1.54) is 12.8 Å². The molecule has 0 aliphatic carbocycles. The van der Waals surface area contributed by atoms with E-state index in [9.17, 15) is 9.59 Å². The van der Waals surface area contributed by atoms with E-state index in [2.05, 4.69) is 32.7 Å². The molecule has 0 bridgehead atoms. The number of aromatic nitrogens is 2. The van der Waals surface area contributed by atoms with Crippen molar-refractivity contribution in [3.8, 4) is 5.75 Å². The molecule has 1 aromatic heterocycles. The third-order valence-electron chi connectivity index (χ3n) is 5.83. The number of likely N-dealkylation sites (tertiary alicyclic amines) is 1. The van der Waals surface area contributed by atoms with Crippen LogP contribution in [-0.2, 0) is 6.61 Å². The van der Waals surface area contributed by atoms with Crippen LogP contribution < -0.4 is 15.4 Å². The molecule has 2 heterocycles. The first-order valence-corrected chi connectivity index (χ1v) is 12.8. The molecule has 10 heteroatoms. The number of nitrogens with one attached hydrogen (secondary N) is 2. The number of carbonyl (C=O) groups excluding carboxylic acids is 2. The predicted molar refractivity (Wildman–Crippen MR) is 137 cm³/mol. The lowest BCUT2D eigenvalue weighted by atomic mass is 10.1. The fourth-order valence-electron chi connectivity index (χ4n) is 3.86. The Balaban J connectivity index is 1.26. The molecule has 1 aliphatic heterocycles. The third kappa shape index (κ3) is 7.24. The highest BCUT2D eigenvalue weighted by Crippen LogP contribution is 2.19. The molecule has 1 aliphatic rings. The van der Waals surface area contributed by atoms with Crippen LogP contribution in [0.3, 0.4) is 0 Å². The molecule has 1 unspecified atom stereocenters. The SMILES string of the molecule is CC(CCNC(=O)c1cccc(NC(=O)c2nnc(COc3ccc(Cl)cc3)s2)c1)N1CCCC1. The highest BCUT2D eigenvalue weighted by Gasteiger charge is 2.18. The number of rotatable bonds is 10. The minimum atomic E-state index is -0.391. The first kappa shape index (κ1) is 25.1. The van der Waals surface area contributed by atoms with Gasteiger partial charge in [-0.05, 0) is 81.7 Å². The summed E-state index contributed by atoms with van der Waals surface area (Å²) < 4.78 is 5.65. The lowest BCUT2D eigenvalue weighted by molar-refractivity contribution is 0.0948. The monoisotopic (exact) mass is 513 g/mol. The van der Waals surface area contributed by atoms with Gasteiger partial charge in [-0.3, -0.25) is 9.59 Å². The first-order chi connectivity index (χ1) is 17.0. The van der Waals surface area contributed by atoms with Crippen LogP contribution in [0.4, 0.5) is 5.69 Å². The molecule has 3 aromatic rings. The second-order valence-electron chi connectivity index (χ2n) is 8.42. The van der Waals surface area contributed by atoms with Crippen molar-refractivity contribution in [1.29, 1.82) is 0 Å². The van der Waals surface area contributed by atoms with Gasteiger partial charge in [0, 0.05) is 28.9 Å². The smallest absolute Gasteiger partial charge is 0.286 e. The van der Waals surface area contributed by atoms with Gasteiger partial charge in [0.15, 0.2) is 5.01 Å². The number of benzene rings is 2. The van der Waals surface area contributed by atoms with Gasteiger partial charge in [-0.1, -0.05) is 29.0 Å². The summed E-state index contributed by atoms with van der Waals surface area (Å²) in [4.78, 5) is 27.7. The fourth-order valence-corrected chi connectivity index (χ4v) is 4.64. The Bertz CT molecular complexity index is 1150. The van der Waals surface area contributed by atoms with Gasteiger partial charge in [0.2, 0.25) is 5.01 Å². The standard InChI is InChI=1S/C25H28ClN5O3S/c1-17(31-13-2-3-14-31)11-12-27-23(32)18-5-4-6-20(15-18)28-24(33)25-30-29-22(35-25)16-34-21-9-7-19(26)8-10-21/h4-10,15,17H,2-3,11-14,16H2,1H3,(H,27,32)(H,28,33). The normalized spacial score (nSPS) is 14.5. The van der Waals surface area contributed by atoms with E-state index in [1.807, 2.05) is 0 Å². The molecule has 1 fully saturated rings. The summed E-state index contributed by atoms with van der Waals surface area (Å²) in [7, 11) is 0. The minimum Gasteiger partial charge on any atom is -0.486 e. The number of hydrogen-bond acceptors (Lipinski definition) is 7. The molecular formula is C25H28ClN5O3S. The second kappa shape index (κ2) is 12.1. The van der Waals surface area contributed by atoms with Crippen LogP contribution in [0.25, 0.3) is 0 Å². The van der Waals surface area contributed by atoms with Crippen LogP contribution in [0.2, 0.25) is 5.02 Å². The zero-order chi connectivity index (χ0) is 24.6. The van der Waals surface area contributed by atoms with Gasteiger partial charge in [0.05, 0.1) is 0 Å². The van der Waals surface area contributed by atoms with Crippen LogP contribution >= 0.6 is 22.9 Å². The van der Waals surface area contributed by atoms with Gasteiger partial charge in [-0.25, -0.2) is 0 Å². The molecule has 2 N–H and O–H groups in total. The Kier molecular flexibility index (Phi) is 8.68. The molecule has 4 rings (SSSR count). The van der Waals surface area contributed by atoms with Crippen molar-refractivity contribution in [2.45, 2.75) is 38.8 Å². The number of nitrogens with zero attached hydrogens (tertiary/aromatic N) is 3. The Morgan fingerprint density at radius 3 is 2.66 bits per heavy atom. The number of carbonyl (C=O) groups is 2. The number of hydrogen-bond donors (Lipinski definition) is 2. The Labute approximate surface area is 213 Å². The summed E-state index contributed by atoms with van der Waals surface area (Å²) in [6, 6.07) is 14.3. The minimum absolute atomic E-state index is 0.160. The summed E-state index contributed by atoms with van der Waals surface area (Å²) >= 11 is 7.02. The molecule has 8 nitrogen and oxygen atoms in total. The molecule has 0 radical (unpaired) electrons. The van der Waals surface area contributed by atoms with Crippen LogP contribution in [0.1, 0.15) is 51.4 Å². The van der Waals surface area contributed by atoms with Crippen LogP contribution in [-0.4, -0.2) is 52.6 Å². The average Bonchev–Trinajstić information content (AvgIpc) is 3.56. The molecule has 2 amide bonds. The van der Waals surface area contributed by atoms with Crippen molar-refractivity contribution < 1.29 is 14.3 Å². The van der Waals surface area contributed by atoms with Gasteiger partial charge in [-0.15, -0.1) is 10.2 Å². The van der Waals surface area contributed by atoms with Gasteiger partial charge in [0.1, 0.15) is 12.4 Å². The van der Waals surface area contributed by atoms with Gasteiger partial charge >= 0.3 is 0 Å². The second-order valence-corrected chi connectivity index (χ2v) is 9.91. The van der Waals surface area contributed by atoms with Gasteiger partial charge in [-0.2, -0.15) is 0 Å². The van der Waals surface area contributed by atoms with E-state index in [0.717, 1.165) is 30.8 Å². The van der Waals surface area contributed by atoms with Crippen LogP contribution in [0.15, 0.2) is 48.5 Å². The fraction of sp³-hybridized carbons (Fsp3) is 0.360. The lowest BCUT2D eigenvalue weighted by Crippen LogP contribution is -2.34. The van der Waals surface area contributed by atoms with Gasteiger partial charge in [0.25, 0.3) is 11.8 Å². The summed E-state index contributed by atoms with van der Waals surface area (Å²) in [6.07, 6.45) is 3.42. The zero-order valence-corrected chi connectivity index (χ0v) is 21.1. The van der Waals surface area contributed by atoms with E-state index in [-0.39, 0.29) is 17.5 Å². The summed E-state index contributed by atoms with van der Waals surface area (Å²) in [5.41, 5.74) is 1.01. The molecule has 0 saturated carbocycles. The van der Waals surface area contributed by atoms with Crippen molar-refractivity contribution in [2.75, 3.05) is 25.0 Å². The molecule has 1 saturated heterocycles. The van der Waals surface area contributed by atoms with Crippen LogP contribution in [0, 0.1) is 0 Å². The van der Waals surface area contributed by atoms with E-state index >= 15 is 0 Å². The molecular weight excluding hydrogens is 486 g/mol. The zero-order valence-electron chi connectivity index (χ0n) is 19.5. The van der Waals surface area contributed by atoms with E-state index in [1.54, 1.807) is 48.5 Å². The van der Waals surface area contributed by atoms with Crippen molar-refractivity contribution in [3.05, 3.63) is 69.1 Å². The van der Waals surface area contributed by atoms with E-state index in [0.29, 0.717) is 39.6 Å². The Morgan fingerprint density at radius 1 is 1.11 bits per heavy atom. The topological polar surface area (TPSA) is 96.5 Å².